The van der Waals surface area contributed by atoms with Crippen LogP contribution in [0.15, 0.2) is 5.16 Å². The molecule has 1 saturated carbocycles. The van der Waals surface area contributed by atoms with Gasteiger partial charge >= 0.3 is 0 Å². The van der Waals surface area contributed by atoms with Gasteiger partial charge in [-0.05, 0) is 24.7 Å². The fourth-order valence-corrected chi connectivity index (χ4v) is 3.11. The summed E-state index contributed by atoms with van der Waals surface area (Å²) in [4.78, 5) is 7.92. The van der Waals surface area contributed by atoms with Crippen molar-refractivity contribution in [3.8, 4) is 0 Å². The third-order valence-corrected chi connectivity index (χ3v) is 4.69. The second-order valence-electron chi connectivity index (χ2n) is 6.30. The minimum absolute atomic E-state index is 0.0364. The predicted octanol–water partition coefficient (Wildman–Crippen LogP) is 1.98. The maximum absolute atomic E-state index is 9.71. The topological polar surface area (TPSA) is 117 Å². The highest BCUT2D eigenvalue weighted by atomic mass is 35.5. The molecule has 0 saturated heterocycles. The number of hydrogen-bond acceptors (Lipinski definition) is 7. The lowest BCUT2D eigenvalue weighted by atomic mass is 9.59. The van der Waals surface area contributed by atoms with Gasteiger partial charge in [-0.1, -0.05) is 30.6 Å². The Kier molecular flexibility index (Phi) is 5.08. The number of rotatable bonds is 6. The molecule has 0 amide bonds. The molecule has 1 fully saturated rings. The predicted molar refractivity (Wildman–Crippen MR) is 86.4 cm³/mol. The lowest BCUT2D eigenvalue weighted by molar-refractivity contribution is -0.0134. The molecule has 1 heterocycles. The Morgan fingerprint density at radius 3 is 2.73 bits per heavy atom. The highest BCUT2D eigenvalue weighted by Gasteiger charge is 2.44. The summed E-state index contributed by atoms with van der Waals surface area (Å²) in [5.74, 6) is 1.68. The second kappa shape index (κ2) is 6.66. The van der Waals surface area contributed by atoms with Crippen molar-refractivity contribution in [2.24, 2.45) is 22.4 Å². The highest BCUT2D eigenvalue weighted by molar-refractivity contribution is 6.32. The van der Waals surface area contributed by atoms with E-state index in [2.05, 4.69) is 34.3 Å². The Hall–Kier alpha value is -1.60. The van der Waals surface area contributed by atoms with Gasteiger partial charge in [0.25, 0.3) is 0 Å². The van der Waals surface area contributed by atoms with E-state index in [9.17, 15) is 5.11 Å². The van der Waals surface area contributed by atoms with Gasteiger partial charge < -0.3 is 21.4 Å². The normalized spacial score (nSPS) is 24.7. The summed E-state index contributed by atoms with van der Waals surface area (Å²) in [5.41, 5.74) is 5.81. The first-order valence-corrected chi connectivity index (χ1v) is 7.64. The van der Waals surface area contributed by atoms with E-state index < -0.39 is 0 Å². The first-order valence-electron chi connectivity index (χ1n) is 7.26. The molecule has 0 unspecified atom stereocenters. The Labute approximate surface area is 134 Å². The number of oxime groups is 1. The zero-order valence-electron chi connectivity index (χ0n) is 12.8. The molecule has 7 nitrogen and oxygen atoms in total. The minimum Gasteiger partial charge on any atom is -0.411 e. The molecule has 8 heteroatoms. The minimum atomic E-state index is -0.158. The van der Waals surface area contributed by atoms with Crippen molar-refractivity contribution < 1.29 is 10.3 Å². The molecule has 2 rings (SSSR count). The number of aromatic nitrogens is 2. The Morgan fingerprint density at radius 2 is 2.18 bits per heavy atom. The van der Waals surface area contributed by atoms with Crippen LogP contribution in [0.2, 0.25) is 5.15 Å². The largest absolute Gasteiger partial charge is 0.411 e. The number of nitrogens with one attached hydrogen (secondary N) is 1. The van der Waals surface area contributed by atoms with E-state index in [1.165, 1.54) is 0 Å². The number of nitrogen functional groups attached to an aromatic ring is 1. The van der Waals surface area contributed by atoms with E-state index >= 15 is 0 Å². The van der Waals surface area contributed by atoms with Crippen molar-refractivity contribution in [2.45, 2.75) is 26.7 Å². The number of aliphatic hydroxyl groups excluding tert-OH is 1. The van der Waals surface area contributed by atoms with Gasteiger partial charge in [0, 0.05) is 12.0 Å². The van der Waals surface area contributed by atoms with Crippen LogP contribution < -0.4 is 11.1 Å². The Balaban J connectivity index is 2.11. The van der Waals surface area contributed by atoms with Crippen molar-refractivity contribution in [1.29, 1.82) is 0 Å². The van der Waals surface area contributed by atoms with Crippen LogP contribution in [0.5, 0.6) is 0 Å². The summed E-state index contributed by atoms with van der Waals surface area (Å²) in [6.07, 6.45) is 3.09. The molecule has 0 atom stereocenters. The third kappa shape index (κ3) is 3.41. The van der Waals surface area contributed by atoms with Gasteiger partial charge in [-0.2, -0.15) is 4.98 Å². The van der Waals surface area contributed by atoms with Crippen molar-refractivity contribution >= 4 is 29.6 Å². The molecule has 0 aliphatic heterocycles. The molecule has 22 heavy (non-hydrogen) atoms. The molecule has 1 aliphatic rings. The van der Waals surface area contributed by atoms with Crippen LogP contribution in [-0.4, -0.2) is 39.6 Å². The van der Waals surface area contributed by atoms with E-state index in [4.69, 9.17) is 22.5 Å². The Morgan fingerprint density at radius 1 is 1.50 bits per heavy atom. The molecule has 0 aromatic carbocycles. The van der Waals surface area contributed by atoms with Crippen molar-refractivity contribution in [3.63, 3.8) is 0 Å². The summed E-state index contributed by atoms with van der Waals surface area (Å²) in [5, 5.41) is 24.7. The fraction of sp³-hybridized carbons (Fsp3) is 0.643. The number of nitrogens with zero attached hydrogens (tertiary/aromatic N) is 3. The number of anilines is 2. The van der Waals surface area contributed by atoms with E-state index in [1.54, 1.807) is 0 Å². The molecule has 0 radical (unpaired) electrons. The number of nitrogens with two attached hydrogens (primary N) is 1. The first kappa shape index (κ1) is 16.8. The lowest BCUT2D eigenvalue weighted by Gasteiger charge is -2.48. The van der Waals surface area contributed by atoms with Crippen LogP contribution in [0.25, 0.3) is 0 Å². The van der Waals surface area contributed by atoms with Crippen LogP contribution in [0.3, 0.4) is 0 Å². The maximum atomic E-state index is 9.71. The maximum Gasteiger partial charge on any atom is 0.223 e. The molecule has 1 aromatic rings. The molecule has 122 valence electrons. The highest BCUT2D eigenvalue weighted by Crippen LogP contribution is 2.48. The van der Waals surface area contributed by atoms with Gasteiger partial charge in [0.2, 0.25) is 5.95 Å². The van der Waals surface area contributed by atoms with E-state index in [0.29, 0.717) is 29.8 Å². The smallest absolute Gasteiger partial charge is 0.223 e. The van der Waals surface area contributed by atoms with Crippen LogP contribution in [0.4, 0.5) is 11.8 Å². The van der Waals surface area contributed by atoms with Gasteiger partial charge in [0.1, 0.15) is 11.0 Å². The van der Waals surface area contributed by atoms with Crippen molar-refractivity contribution in [1.82, 2.24) is 9.97 Å². The van der Waals surface area contributed by atoms with E-state index in [0.717, 1.165) is 19.1 Å². The lowest BCUT2D eigenvalue weighted by Crippen LogP contribution is -2.47. The second-order valence-corrected chi connectivity index (χ2v) is 6.66. The summed E-state index contributed by atoms with van der Waals surface area (Å²) in [6, 6.07) is 0. The zero-order valence-corrected chi connectivity index (χ0v) is 13.5. The average Bonchev–Trinajstić information content (AvgIpc) is 2.41. The van der Waals surface area contributed by atoms with Crippen molar-refractivity contribution in [2.75, 3.05) is 24.2 Å². The molecule has 0 spiro atoms. The molecule has 1 aliphatic carbocycles. The molecule has 0 bridgehead atoms. The Bertz CT molecular complexity index is 558. The molecule has 5 N–H and O–H groups in total. The van der Waals surface area contributed by atoms with Gasteiger partial charge in [-0.3, -0.25) is 0 Å². The standard InChI is InChI=1S/C14H22ClN5O2/c1-8(2)9-3-14(4-9,7-21)6-17-12-10(5-18-22)11(15)19-13(16)20-12/h5,8-9,21-22H,3-4,6-7H2,1-2H3,(H3,16,17,19,20)/b18-5+. The number of hydrogen-bond donors (Lipinski definition) is 4. The van der Waals surface area contributed by atoms with Gasteiger partial charge in [-0.15, -0.1) is 0 Å². The van der Waals surface area contributed by atoms with Crippen LogP contribution >= 0.6 is 11.6 Å². The van der Waals surface area contributed by atoms with Crippen molar-refractivity contribution in [3.05, 3.63) is 10.7 Å². The number of halogens is 1. The zero-order chi connectivity index (χ0) is 16.3. The van der Waals surface area contributed by atoms with Crippen LogP contribution in [0, 0.1) is 17.3 Å². The monoisotopic (exact) mass is 327 g/mol. The van der Waals surface area contributed by atoms with E-state index in [1.807, 2.05) is 0 Å². The van der Waals surface area contributed by atoms with Crippen LogP contribution in [-0.2, 0) is 0 Å². The quantitative estimate of drug-likeness (QED) is 0.275. The SMILES string of the molecule is CC(C)C1CC(CO)(CNc2nc(N)nc(Cl)c2/C=N/O)C1. The number of aliphatic hydroxyl groups is 1. The summed E-state index contributed by atoms with van der Waals surface area (Å²) in [6.45, 7) is 5.05. The summed E-state index contributed by atoms with van der Waals surface area (Å²) < 4.78 is 0. The van der Waals surface area contributed by atoms with E-state index in [-0.39, 0.29) is 23.1 Å². The van der Waals surface area contributed by atoms with Gasteiger partial charge in [-0.25, -0.2) is 4.98 Å². The van der Waals surface area contributed by atoms with Gasteiger partial charge in [0.15, 0.2) is 0 Å². The van der Waals surface area contributed by atoms with Crippen LogP contribution in [0.1, 0.15) is 32.3 Å². The summed E-state index contributed by atoms with van der Waals surface area (Å²) >= 11 is 5.99. The first-order chi connectivity index (χ1) is 10.4. The third-order valence-electron chi connectivity index (χ3n) is 4.40. The summed E-state index contributed by atoms with van der Waals surface area (Å²) in [7, 11) is 0. The average molecular weight is 328 g/mol. The molecular weight excluding hydrogens is 306 g/mol. The van der Waals surface area contributed by atoms with Gasteiger partial charge in [0.05, 0.1) is 18.4 Å². The fourth-order valence-electron chi connectivity index (χ4n) is 2.89. The molecular formula is C14H22ClN5O2. The molecule has 1 aromatic heterocycles.